The second-order valence-corrected chi connectivity index (χ2v) is 23.9. The van der Waals surface area contributed by atoms with Crippen LogP contribution >= 0.6 is 11.8 Å². The molecule has 0 fully saturated rings. The Morgan fingerprint density at radius 2 is 1.17 bits per heavy atom. The monoisotopic (exact) mass is 1310 g/mol. The third kappa shape index (κ3) is 27.4. The van der Waals surface area contributed by atoms with Gasteiger partial charge in [0.15, 0.2) is 5.96 Å². The normalized spacial score (nSPS) is 14.9. The summed E-state index contributed by atoms with van der Waals surface area (Å²) in [6.45, 7) is 8.43. The number of aromatic amines is 2. The Morgan fingerprint density at radius 3 is 1.77 bits per heavy atom. The van der Waals surface area contributed by atoms with Crippen molar-refractivity contribution in [1.29, 1.82) is 0 Å². The van der Waals surface area contributed by atoms with E-state index >= 15 is 0 Å². The minimum atomic E-state index is -1.77. The number of benzene rings is 1. The summed E-state index contributed by atoms with van der Waals surface area (Å²) in [6.07, 6.45) is 0.694. The van der Waals surface area contributed by atoms with Crippen molar-refractivity contribution in [2.45, 2.75) is 179 Å². The highest BCUT2D eigenvalue weighted by Crippen LogP contribution is 2.21. The maximum atomic E-state index is 14.8. The van der Waals surface area contributed by atoms with E-state index < -0.39 is 162 Å². The number of carboxylic acid groups (broad SMARTS) is 2. The Bertz CT molecular complexity index is 2990. The number of nitrogens with two attached hydrogens (primary N) is 4. The Hall–Kier alpha value is -8.73. The van der Waals surface area contributed by atoms with Gasteiger partial charge in [-0.3, -0.25) is 62.5 Å². The number of guanidine groups is 1. The molecule has 510 valence electrons. The number of aliphatic hydroxyl groups is 2. The standard InChI is InChI=1S/C58H91N17O16S/c1-29(2)22-40(51(85)71-39(14-9-10-19-59)57(91)92-21-18-45(81)82)72-52(86)41(23-33-25-65-36-13-8-7-12-35(33)36)73-49(83)37(15-11-20-64-58(61)62)69-53(87)42(24-34-26-63-28-67-34)68-43(78)27-66-55(89)48(32(6)77)75-56(90)47(30(3)4)74-50(84)38(16-17-44(79)80)70-54(88)46(60)31(5)76/h7-8,12-13,25-26,28-32,37-42,46-48,65,76-77H,9-11,14-24,27,59-60H2,1-6H3,(H,63,67)(H,66,89)(H,68,78)(H,69,87)(H,70,88)(H,71,85)(H,72,86)(H,73,83)(H,74,84)(H,75,90)(H,79,80)(H,81,82)(H4,61,62,64)/t31-,32-,37+,38+,39+,40+,41+,42+,46+,47+,48+/m1/s1. The van der Waals surface area contributed by atoms with Crippen LogP contribution in [0, 0.1) is 11.8 Å². The largest absolute Gasteiger partial charge is 0.481 e. The van der Waals surface area contributed by atoms with Crippen molar-refractivity contribution in [3.05, 3.63) is 54.2 Å². The number of hydrogen-bond acceptors (Lipinski definition) is 19. The quantitative estimate of drug-likeness (QED) is 0.0147. The molecule has 92 heavy (non-hydrogen) atoms. The summed E-state index contributed by atoms with van der Waals surface area (Å²) in [7, 11) is 0. The summed E-state index contributed by atoms with van der Waals surface area (Å²) in [5.41, 5.74) is 24.2. The molecule has 0 aliphatic rings. The lowest BCUT2D eigenvalue weighted by atomic mass is 9.99. The molecular formula is C58H91N17O16S. The zero-order valence-electron chi connectivity index (χ0n) is 52.5. The summed E-state index contributed by atoms with van der Waals surface area (Å²) < 4.78 is 0. The number of para-hydroxylation sites is 1. The fraction of sp³-hybridized carbons (Fsp3) is 0.586. The molecule has 11 atom stereocenters. The van der Waals surface area contributed by atoms with Crippen molar-refractivity contribution >= 4 is 98.8 Å². The van der Waals surface area contributed by atoms with E-state index in [-0.39, 0.29) is 69.1 Å². The summed E-state index contributed by atoms with van der Waals surface area (Å²) in [5, 5.41) is 62.0. The molecule has 3 aromatic rings. The minimum Gasteiger partial charge on any atom is -0.481 e. The van der Waals surface area contributed by atoms with Gasteiger partial charge in [0.1, 0.15) is 48.3 Å². The summed E-state index contributed by atoms with van der Waals surface area (Å²) >= 11 is 0.755. The number of carboxylic acids is 2. The van der Waals surface area contributed by atoms with Crippen molar-refractivity contribution in [3.8, 4) is 0 Å². The number of imidazole rings is 1. The van der Waals surface area contributed by atoms with Crippen LogP contribution in [-0.2, 0) is 70.4 Å². The number of rotatable bonds is 42. The molecule has 34 heteroatoms. The van der Waals surface area contributed by atoms with Crippen molar-refractivity contribution < 1.29 is 78.0 Å². The fourth-order valence-electron chi connectivity index (χ4n) is 9.18. The van der Waals surface area contributed by atoms with Gasteiger partial charge < -0.3 is 101 Å². The molecule has 0 aliphatic heterocycles. The number of thioether (sulfide) groups is 1. The number of unbranched alkanes of at least 4 members (excludes halogenated alkanes) is 1. The first-order valence-electron chi connectivity index (χ1n) is 30.1. The van der Waals surface area contributed by atoms with Crippen LogP contribution in [0.4, 0.5) is 0 Å². The molecule has 0 radical (unpaired) electrons. The first kappa shape index (κ1) is 77.5. The molecular weight excluding hydrogens is 1220 g/mol. The Labute approximate surface area is 535 Å². The highest BCUT2D eigenvalue weighted by molar-refractivity contribution is 8.13. The van der Waals surface area contributed by atoms with E-state index in [1.54, 1.807) is 44.3 Å². The first-order valence-corrected chi connectivity index (χ1v) is 31.1. The zero-order valence-corrected chi connectivity index (χ0v) is 53.3. The molecule has 0 spiro atoms. The number of nitrogens with zero attached hydrogens (tertiary/aromatic N) is 2. The van der Waals surface area contributed by atoms with E-state index in [9.17, 15) is 72.9 Å². The molecule has 33 nitrogen and oxygen atoms in total. The third-order valence-electron chi connectivity index (χ3n) is 14.2. The number of aliphatic imine (C=N–C) groups is 1. The molecule has 2 heterocycles. The van der Waals surface area contributed by atoms with Crippen LogP contribution < -0.4 is 70.8 Å². The Balaban J connectivity index is 1.93. The second kappa shape index (κ2) is 39.5. The van der Waals surface area contributed by atoms with Gasteiger partial charge >= 0.3 is 11.9 Å². The number of hydrogen-bond donors (Lipinski definition) is 19. The number of aliphatic carboxylic acids is 2. The van der Waals surface area contributed by atoms with Gasteiger partial charge in [0.2, 0.25) is 58.3 Å². The molecule has 0 bridgehead atoms. The summed E-state index contributed by atoms with van der Waals surface area (Å²) in [6, 6.07) is -5.90. The predicted molar refractivity (Wildman–Crippen MR) is 338 cm³/mol. The minimum absolute atomic E-state index is 0.0223. The second-order valence-electron chi connectivity index (χ2n) is 22.8. The molecule has 0 saturated heterocycles. The lowest BCUT2D eigenvalue weighted by molar-refractivity contribution is -0.139. The number of H-pyrrole nitrogens is 2. The highest BCUT2D eigenvalue weighted by atomic mass is 32.2. The number of nitrogens with one attached hydrogen (secondary N) is 11. The molecule has 0 unspecified atom stereocenters. The van der Waals surface area contributed by atoms with E-state index in [1.165, 1.54) is 33.3 Å². The number of aromatic nitrogens is 3. The van der Waals surface area contributed by atoms with Gasteiger partial charge in [0.25, 0.3) is 0 Å². The smallest absolute Gasteiger partial charge is 0.304 e. The number of carbonyl (C=O) groups excluding carboxylic acids is 10. The maximum absolute atomic E-state index is 14.8. The van der Waals surface area contributed by atoms with Crippen LogP contribution in [0.25, 0.3) is 10.9 Å². The van der Waals surface area contributed by atoms with E-state index in [1.807, 2.05) is 0 Å². The molecule has 2 aromatic heterocycles. The topological polar surface area (TPSA) is 555 Å². The van der Waals surface area contributed by atoms with E-state index in [2.05, 4.69) is 67.8 Å². The average molecular weight is 1310 g/mol. The summed E-state index contributed by atoms with van der Waals surface area (Å²) in [4.78, 5) is 176. The Morgan fingerprint density at radius 1 is 0.609 bits per heavy atom. The lowest BCUT2D eigenvalue weighted by Crippen LogP contribution is -2.61. The van der Waals surface area contributed by atoms with Gasteiger partial charge in [-0.05, 0) is 88.8 Å². The van der Waals surface area contributed by atoms with E-state index in [0.29, 0.717) is 41.5 Å². The lowest BCUT2D eigenvalue weighted by Gasteiger charge is -2.28. The molecule has 1 aromatic carbocycles. The number of amides is 9. The van der Waals surface area contributed by atoms with Gasteiger partial charge in [-0.1, -0.05) is 57.7 Å². The summed E-state index contributed by atoms with van der Waals surface area (Å²) in [5.74, 6) is -12.2. The molecule has 9 amide bonds. The van der Waals surface area contributed by atoms with Crippen molar-refractivity contribution in [2.24, 2.45) is 39.8 Å². The molecule has 0 aliphatic carbocycles. The maximum Gasteiger partial charge on any atom is 0.304 e. The van der Waals surface area contributed by atoms with Gasteiger partial charge in [-0.2, -0.15) is 0 Å². The molecule has 23 N–H and O–H groups in total. The zero-order chi connectivity index (χ0) is 68.8. The van der Waals surface area contributed by atoms with Crippen LogP contribution in [0.5, 0.6) is 0 Å². The fourth-order valence-corrected chi connectivity index (χ4v) is 10.0. The van der Waals surface area contributed by atoms with Crippen molar-refractivity contribution in [3.63, 3.8) is 0 Å². The van der Waals surface area contributed by atoms with Gasteiger partial charge in [0, 0.05) is 60.6 Å². The van der Waals surface area contributed by atoms with Crippen LogP contribution in [0.1, 0.15) is 111 Å². The predicted octanol–water partition coefficient (Wildman–Crippen LogP) is -3.76. The van der Waals surface area contributed by atoms with Gasteiger partial charge in [-0.15, -0.1) is 0 Å². The van der Waals surface area contributed by atoms with Crippen molar-refractivity contribution in [1.82, 2.24) is 62.8 Å². The van der Waals surface area contributed by atoms with Crippen LogP contribution in [0.3, 0.4) is 0 Å². The highest BCUT2D eigenvalue weighted by Gasteiger charge is 2.37. The van der Waals surface area contributed by atoms with Crippen molar-refractivity contribution in [2.75, 3.05) is 25.4 Å². The first-order chi connectivity index (χ1) is 43.4. The molecule has 3 rings (SSSR count). The molecule has 0 saturated carbocycles. The average Bonchev–Trinajstić information content (AvgIpc) is 1.76. The van der Waals surface area contributed by atoms with Crippen LogP contribution in [0.2, 0.25) is 0 Å². The number of aliphatic hydroxyl groups excluding tert-OH is 2. The number of carbonyl (C=O) groups is 12. The van der Waals surface area contributed by atoms with Crippen LogP contribution in [0.15, 0.2) is 48.0 Å². The van der Waals surface area contributed by atoms with E-state index in [4.69, 9.17) is 28.0 Å². The third-order valence-corrected chi connectivity index (χ3v) is 15.2. The SMILES string of the molecule is CC(C)C[C@H](NC(=O)[C@H](Cc1c[nH]c2ccccc12)NC(=O)[C@H](CCCN=C(N)N)NC(=O)[C@H](Cc1cnc[nH]1)NC(=O)CNC(=O)[C@@H](NC(=O)[C@@H](NC(=O)[C@H](CCC(=O)O)NC(=O)[C@@H](N)[C@@H](C)O)C(C)C)[C@@H](C)O)C(=O)N[C@@H](CCCCN)C(=O)SCCC(=O)O. The van der Waals surface area contributed by atoms with Gasteiger partial charge in [-0.25, -0.2) is 4.98 Å². The van der Waals surface area contributed by atoms with Crippen LogP contribution in [-0.4, -0.2) is 204 Å². The van der Waals surface area contributed by atoms with E-state index in [0.717, 1.165) is 18.7 Å². The Kier molecular flexibility index (Phi) is 33.3. The number of fused-ring (bicyclic) bond motifs is 1. The van der Waals surface area contributed by atoms with Gasteiger partial charge in [0.05, 0.1) is 37.5 Å².